The SMILES string of the molecule is CS(=O)(=O)NCCNC(=O)NCC1CN(Cc2ccc(Cl)c(Cl)c2)CCO1. The molecule has 2 amide bonds. The third-order valence-electron chi connectivity index (χ3n) is 3.88. The van der Waals surface area contributed by atoms with Gasteiger partial charge >= 0.3 is 6.03 Å². The van der Waals surface area contributed by atoms with Gasteiger partial charge in [-0.3, -0.25) is 4.90 Å². The third kappa shape index (κ3) is 8.63. The second-order valence-corrected chi connectivity index (χ2v) is 8.93. The summed E-state index contributed by atoms with van der Waals surface area (Å²) < 4.78 is 29.8. The van der Waals surface area contributed by atoms with Crippen LogP contribution in [0.15, 0.2) is 18.2 Å². The van der Waals surface area contributed by atoms with Crippen molar-refractivity contribution in [2.45, 2.75) is 12.6 Å². The molecule has 152 valence electrons. The Morgan fingerprint density at radius 3 is 2.74 bits per heavy atom. The summed E-state index contributed by atoms with van der Waals surface area (Å²) in [6.07, 6.45) is 0.943. The Kier molecular flexibility index (Phi) is 8.59. The Morgan fingerprint density at radius 2 is 2.04 bits per heavy atom. The summed E-state index contributed by atoms with van der Waals surface area (Å²) in [5.74, 6) is 0. The number of urea groups is 1. The van der Waals surface area contributed by atoms with Crippen molar-refractivity contribution in [2.75, 3.05) is 45.6 Å². The molecule has 1 aromatic carbocycles. The number of carbonyl (C=O) groups excluding carboxylic acids is 1. The second-order valence-electron chi connectivity index (χ2n) is 6.28. The topological polar surface area (TPSA) is 99.8 Å². The average Bonchev–Trinajstić information content (AvgIpc) is 2.60. The van der Waals surface area contributed by atoms with E-state index in [1.165, 1.54) is 0 Å². The summed E-state index contributed by atoms with van der Waals surface area (Å²) >= 11 is 12.0. The van der Waals surface area contributed by atoms with E-state index in [2.05, 4.69) is 20.3 Å². The second kappa shape index (κ2) is 10.4. The van der Waals surface area contributed by atoms with Gasteiger partial charge in [-0.25, -0.2) is 17.9 Å². The lowest BCUT2D eigenvalue weighted by molar-refractivity contribution is -0.0287. The number of hydrogen-bond acceptors (Lipinski definition) is 5. The standard InChI is InChI=1S/C16H24Cl2N4O4S/c1-27(24,25)21-5-4-19-16(23)20-9-13-11-22(6-7-26-13)10-12-2-3-14(17)15(18)8-12/h2-3,8,13,21H,4-7,9-11H2,1H3,(H2,19,20,23). The van der Waals surface area contributed by atoms with Crippen molar-refractivity contribution in [3.63, 3.8) is 0 Å². The monoisotopic (exact) mass is 438 g/mol. The van der Waals surface area contributed by atoms with E-state index in [4.69, 9.17) is 27.9 Å². The smallest absolute Gasteiger partial charge is 0.314 e. The van der Waals surface area contributed by atoms with Gasteiger partial charge in [-0.2, -0.15) is 0 Å². The van der Waals surface area contributed by atoms with Crippen LogP contribution in [0.25, 0.3) is 0 Å². The fraction of sp³-hybridized carbons (Fsp3) is 0.562. The van der Waals surface area contributed by atoms with Crippen LogP contribution in [-0.4, -0.2) is 71.0 Å². The Labute approximate surface area is 169 Å². The molecule has 1 heterocycles. The quantitative estimate of drug-likeness (QED) is 0.526. The molecular weight excluding hydrogens is 415 g/mol. The molecule has 1 aromatic rings. The number of halogens is 2. The Hall–Kier alpha value is -1.10. The van der Waals surface area contributed by atoms with E-state index >= 15 is 0 Å². The zero-order valence-electron chi connectivity index (χ0n) is 15.0. The van der Waals surface area contributed by atoms with Gasteiger partial charge in [-0.05, 0) is 17.7 Å². The Bertz CT molecular complexity index is 748. The van der Waals surface area contributed by atoms with E-state index < -0.39 is 10.0 Å². The van der Waals surface area contributed by atoms with Crippen LogP contribution in [0.2, 0.25) is 10.0 Å². The first kappa shape index (κ1) is 22.2. The molecule has 1 saturated heterocycles. The predicted molar refractivity (Wildman–Crippen MR) is 106 cm³/mol. The highest BCUT2D eigenvalue weighted by atomic mass is 35.5. The van der Waals surface area contributed by atoms with Crippen molar-refractivity contribution in [1.29, 1.82) is 0 Å². The fourth-order valence-electron chi connectivity index (χ4n) is 2.63. The molecular formula is C16H24Cl2N4O4S. The Balaban J connectivity index is 1.69. The number of benzene rings is 1. The van der Waals surface area contributed by atoms with Crippen molar-refractivity contribution >= 4 is 39.3 Å². The number of rotatable bonds is 8. The van der Waals surface area contributed by atoms with E-state index in [9.17, 15) is 13.2 Å². The van der Waals surface area contributed by atoms with E-state index in [1.807, 2.05) is 12.1 Å². The minimum absolute atomic E-state index is 0.124. The molecule has 0 saturated carbocycles. The van der Waals surface area contributed by atoms with Gasteiger partial charge < -0.3 is 15.4 Å². The zero-order valence-corrected chi connectivity index (χ0v) is 17.3. The molecule has 1 atom stereocenters. The molecule has 11 heteroatoms. The molecule has 2 rings (SSSR count). The molecule has 1 aliphatic rings. The van der Waals surface area contributed by atoms with Crippen LogP contribution in [0.4, 0.5) is 4.79 Å². The minimum Gasteiger partial charge on any atom is -0.374 e. The molecule has 0 spiro atoms. The van der Waals surface area contributed by atoms with Gasteiger partial charge in [0.15, 0.2) is 0 Å². The molecule has 8 nitrogen and oxygen atoms in total. The molecule has 1 fully saturated rings. The predicted octanol–water partition coefficient (Wildman–Crippen LogP) is 1.04. The highest BCUT2D eigenvalue weighted by molar-refractivity contribution is 7.88. The molecule has 0 aromatic heterocycles. The molecule has 0 radical (unpaired) electrons. The minimum atomic E-state index is -3.25. The molecule has 27 heavy (non-hydrogen) atoms. The van der Waals surface area contributed by atoms with Crippen LogP contribution >= 0.6 is 23.2 Å². The lowest BCUT2D eigenvalue weighted by Crippen LogP contribution is -2.49. The highest BCUT2D eigenvalue weighted by Gasteiger charge is 2.21. The number of sulfonamides is 1. The maximum Gasteiger partial charge on any atom is 0.314 e. The number of carbonyl (C=O) groups is 1. The van der Waals surface area contributed by atoms with E-state index in [1.54, 1.807) is 6.07 Å². The lowest BCUT2D eigenvalue weighted by atomic mass is 10.2. The van der Waals surface area contributed by atoms with Crippen molar-refractivity contribution in [3.8, 4) is 0 Å². The number of hydrogen-bond donors (Lipinski definition) is 3. The van der Waals surface area contributed by atoms with Crippen molar-refractivity contribution < 1.29 is 17.9 Å². The number of ether oxygens (including phenoxy) is 1. The summed E-state index contributed by atoms with van der Waals surface area (Å²) in [5.41, 5.74) is 1.06. The molecule has 1 aliphatic heterocycles. The summed E-state index contributed by atoms with van der Waals surface area (Å²) in [5, 5.41) is 6.38. The van der Waals surface area contributed by atoms with Crippen LogP contribution in [0.5, 0.6) is 0 Å². The summed E-state index contributed by atoms with van der Waals surface area (Å²) in [4.78, 5) is 14.0. The third-order valence-corrected chi connectivity index (χ3v) is 5.35. The van der Waals surface area contributed by atoms with Gasteiger partial charge in [-0.15, -0.1) is 0 Å². The normalized spacial score (nSPS) is 18.3. The summed E-state index contributed by atoms with van der Waals surface area (Å²) in [6, 6.07) is 5.21. The number of nitrogens with zero attached hydrogens (tertiary/aromatic N) is 1. The van der Waals surface area contributed by atoms with Crippen molar-refractivity contribution in [2.24, 2.45) is 0 Å². The molecule has 1 unspecified atom stereocenters. The first-order valence-electron chi connectivity index (χ1n) is 8.47. The average molecular weight is 439 g/mol. The molecule has 3 N–H and O–H groups in total. The van der Waals surface area contributed by atoms with Crippen LogP contribution < -0.4 is 15.4 Å². The number of nitrogens with one attached hydrogen (secondary N) is 3. The van der Waals surface area contributed by atoms with Crippen LogP contribution in [0.3, 0.4) is 0 Å². The van der Waals surface area contributed by atoms with Gasteiger partial charge in [-0.1, -0.05) is 29.3 Å². The maximum atomic E-state index is 11.8. The maximum absolute atomic E-state index is 11.8. The van der Waals surface area contributed by atoms with E-state index in [0.717, 1.165) is 24.9 Å². The van der Waals surface area contributed by atoms with Crippen LogP contribution in [0.1, 0.15) is 5.56 Å². The van der Waals surface area contributed by atoms with E-state index in [0.29, 0.717) is 29.7 Å². The van der Waals surface area contributed by atoms with Gasteiger partial charge in [0, 0.05) is 39.3 Å². The lowest BCUT2D eigenvalue weighted by Gasteiger charge is -2.33. The molecule has 0 bridgehead atoms. The largest absolute Gasteiger partial charge is 0.374 e. The van der Waals surface area contributed by atoms with Crippen LogP contribution in [0, 0.1) is 0 Å². The van der Waals surface area contributed by atoms with Crippen LogP contribution in [-0.2, 0) is 21.3 Å². The van der Waals surface area contributed by atoms with Gasteiger partial charge in [0.1, 0.15) is 0 Å². The first-order valence-corrected chi connectivity index (χ1v) is 11.1. The Morgan fingerprint density at radius 1 is 1.26 bits per heavy atom. The summed E-state index contributed by atoms with van der Waals surface area (Å²) in [6.45, 7) is 3.48. The fourth-order valence-corrected chi connectivity index (χ4v) is 3.42. The first-order chi connectivity index (χ1) is 12.7. The van der Waals surface area contributed by atoms with Crippen molar-refractivity contribution in [3.05, 3.63) is 33.8 Å². The highest BCUT2D eigenvalue weighted by Crippen LogP contribution is 2.23. The van der Waals surface area contributed by atoms with E-state index in [-0.39, 0.29) is 25.2 Å². The molecule has 0 aliphatic carbocycles. The van der Waals surface area contributed by atoms with Crippen molar-refractivity contribution in [1.82, 2.24) is 20.3 Å². The van der Waals surface area contributed by atoms with Gasteiger partial charge in [0.05, 0.1) is 29.0 Å². The van der Waals surface area contributed by atoms with Gasteiger partial charge in [0.25, 0.3) is 0 Å². The van der Waals surface area contributed by atoms with Gasteiger partial charge in [0.2, 0.25) is 10.0 Å². The number of amides is 2. The summed E-state index contributed by atoms with van der Waals surface area (Å²) in [7, 11) is -3.25. The zero-order chi connectivity index (χ0) is 19.9. The number of morpholine rings is 1.